The molecular formula is C18H15N3O4S2. The first kappa shape index (κ1) is 17.6. The fourth-order valence-corrected chi connectivity index (χ4v) is 4.21. The molecular weight excluding hydrogens is 386 g/mol. The van der Waals surface area contributed by atoms with Gasteiger partial charge in [-0.2, -0.15) is 0 Å². The number of benzene rings is 1. The second kappa shape index (κ2) is 6.75. The van der Waals surface area contributed by atoms with Gasteiger partial charge in [0.25, 0.3) is 11.5 Å². The average Bonchev–Trinajstić information content (AvgIpc) is 3.07. The number of nitrogens with one attached hydrogen (secondary N) is 2. The Hall–Kier alpha value is -2.78. The number of Topliss-reactive ketones (excluding diaryl/α,β-unsaturated/α-hetero) is 1. The number of carbonyl (C=O) groups is 2. The van der Waals surface area contributed by atoms with Crippen molar-refractivity contribution in [2.75, 3.05) is 11.9 Å². The lowest BCUT2D eigenvalue weighted by atomic mass is 10.1. The molecule has 0 fully saturated rings. The smallest absolute Gasteiger partial charge is 0.263 e. The SMILES string of the molecule is CCc1cc2c(=O)n(CC(=O)c3ccc4c(c3)NC(=O)CO4)c(=S)[nH]c2s1. The van der Waals surface area contributed by atoms with Crippen LogP contribution in [0.4, 0.5) is 5.69 Å². The maximum absolute atomic E-state index is 12.8. The summed E-state index contributed by atoms with van der Waals surface area (Å²) in [5.41, 5.74) is 0.517. The van der Waals surface area contributed by atoms with E-state index in [-0.39, 0.29) is 35.2 Å². The number of ketones is 1. The third-order valence-electron chi connectivity index (χ3n) is 4.31. The van der Waals surface area contributed by atoms with Crippen molar-refractivity contribution in [3.8, 4) is 5.75 Å². The fraction of sp³-hybridized carbons (Fsp3) is 0.222. The zero-order valence-corrected chi connectivity index (χ0v) is 16.0. The second-order valence-electron chi connectivity index (χ2n) is 6.10. The molecule has 0 atom stereocenters. The number of anilines is 1. The molecule has 9 heteroatoms. The number of aryl methyl sites for hydroxylation is 1. The van der Waals surface area contributed by atoms with Crippen LogP contribution in [0, 0.1) is 4.77 Å². The molecule has 7 nitrogen and oxygen atoms in total. The lowest BCUT2D eigenvalue weighted by molar-refractivity contribution is -0.118. The number of hydrogen-bond acceptors (Lipinski definition) is 6. The first-order valence-corrected chi connectivity index (χ1v) is 9.54. The number of hydrogen-bond donors (Lipinski definition) is 2. The highest BCUT2D eigenvalue weighted by Gasteiger charge is 2.19. The second-order valence-corrected chi connectivity index (χ2v) is 7.62. The van der Waals surface area contributed by atoms with Crippen LogP contribution < -0.4 is 15.6 Å². The number of thiophene rings is 1. The lowest BCUT2D eigenvalue weighted by Gasteiger charge is -2.18. The van der Waals surface area contributed by atoms with Crippen molar-refractivity contribution in [1.29, 1.82) is 0 Å². The van der Waals surface area contributed by atoms with Crippen LogP contribution in [0.5, 0.6) is 5.75 Å². The van der Waals surface area contributed by atoms with E-state index in [9.17, 15) is 14.4 Å². The Kier molecular flexibility index (Phi) is 4.40. The van der Waals surface area contributed by atoms with Gasteiger partial charge in [0.05, 0.1) is 17.6 Å². The van der Waals surface area contributed by atoms with Crippen molar-refractivity contribution >= 4 is 51.1 Å². The predicted octanol–water partition coefficient (Wildman–Crippen LogP) is 2.90. The molecule has 0 saturated carbocycles. The van der Waals surface area contributed by atoms with E-state index < -0.39 is 0 Å². The van der Waals surface area contributed by atoms with E-state index in [1.54, 1.807) is 18.2 Å². The summed E-state index contributed by atoms with van der Waals surface area (Å²) >= 11 is 6.77. The number of H-pyrrole nitrogens is 1. The standard InChI is InChI=1S/C18H15N3O4S2/c1-2-10-6-11-16(27-10)20-18(26)21(17(11)24)7-13(22)9-3-4-14-12(5-9)19-15(23)8-25-14/h3-6H,2,7-8H2,1H3,(H,19,23)(H,20,26). The highest BCUT2D eigenvalue weighted by Crippen LogP contribution is 2.28. The average molecular weight is 401 g/mol. The molecule has 1 aliphatic rings. The number of carbonyl (C=O) groups excluding carboxylic acids is 2. The van der Waals surface area contributed by atoms with E-state index in [1.165, 1.54) is 15.9 Å². The molecule has 0 unspecified atom stereocenters. The monoisotopic (exact) mass is 401 g/mol. The molecule has 3 heterocycles. The largest absolute Gasteiger partial charge is 0.482 e. The van der Waals surface area contributed by atoms with Crippen LogP contribution in [0.3, 0.4) is 0 Å². The van der Waals surface area contributed by atoms with Crippen molar-refractivity contribution in [3.63, 3.8) is 0 Å². The molecule has 1 amide bonds. The fourth-order valence-electron chi connectivity index (χ4n) is 2.91. The number of amides is 1. The number of aromatic amines is 1. The van der Waals surface area contributed by atoms with E-state index in [4.69, 9.17) is 17.0 Å². The molecule has 0 bridgehead atoms. The molecule has 138 valence electrons. The summed E-state index contributed by atoms with van der Waals surface area (Å²) in [4.78, 5) is 41.8. The van der Waals surface area contributed by atoms with E-state index in [1.807, 2.05) is 13.0 Å². The van der Waals surface area contributed by atoms with Gasteiger partial charge in [-0.25, -0.2) is 0 Å². The Morgan fingerprint density at radius 1 is 1.33 bits per heavy atom. The molecule has 2 aromatic heterocycles. The number of nitrogens with zero attached hydrogens (tertiary/aromatic N) is 1. The number of fused-ring (bicyclic) bond motifs is 2. The van der Waals surface area contributed by atoms with Gasteiger partial charge in [-0.15, -0.1) is 11.3 Å². The van der Waals surface area contributed by atoms with Crippen LogP contribution >= 0.6 is 23.6 Å². The summed E-state index contributed by atoms with van der Waals surface area (Å²) in [6.45, 7) is 1.78. The Bertz CT molecular complexity index is 1210. The van der Waals surface area contributed by atoms with Gasteiger partial charge in [-0.05, 0) is 42.9 Å². The van der Waals surface area contributed by atoms with Crippen molar-refractivity contribution in [3.05, 3.63) is 49.8 Å². The van der Waals surface area contributed by atoms with Gasteiger partial charge in [0.1, 0.15) is 10.6 Å². The maximum Gasteiger partial charge on any atom is 0.263 e. The number of rotatable bonds is 4. The van der Waals surface area contributed by atoms with Crippen LogP contribution in [-0.2, 0) is 17.8 Å². The Balaban J connectivity index is 1.69. The van der Waals surface area contributed by atoms with Crippen LogP contribution in [-0.4, -0.2) is 27.8 Å². The molecule has 0 saturated heterocycles. The number of ether oxygens (including phenoxy) is 1. The van der Waals surface area contributed by atoms with Crippen molar-refractivity contribution in [2.45, 2.75) is 19.9 Å². The van der Waals surface area contributed by atoms with Crippen molar-refractivity contribution in [2.24, 2.45) is 0 Å². The highest BCUT2D eigenvalue weighted by atomic mass is 32.1. The summed E-state index contributed by atoms with van der Waals surface area (Å²) in [7, 11) is 0. The molecule has 4 rings (SSSR count). The molecule has 0 radical (unpaired) electrons. The van der Waals surface area contributed by atoms with Crippen LogP contribution in [0.25, 0.3) is 10.2 Å². The summed E-state index contributed by atoms with van der Waals surface area (Å²) in [5, 5.41) is 3.20. The molecule has 2 N–H and O–H groups in total. The summed E-state index contributed by atoms with van der Waals surface area (Å²) in [6.07, 6.45) is 0.821. The summed E-state index contributed by atoms with van der Waals surface area (Å²) in [6, 6.07) is 6.61. The summed E-state index contributed by atoms with van der Waals surface area (Å²) < 4.78 is 6.76. The molecule has 1 aliphatic heterocycles. The van der Waals surface area contributed by atoms with Gasteiger partial charge in [0, 0.05) is 10.4 Å². The van der Waals surface area contributed by atoms with E-state index >= 15 is 0 Å². The van der Waals surface area contributed by atoms with Crippen LogP contribution in [0.2, 0.25) is 0 Å². The minimum atomic E-state index is -0.287. The molecule has 3 aromatic rings. The third-order valence-corrected chi connectivity index (χ3v) is 5.83. The Labute approximate surface area is 162 Å². The first-order valence-electron chi connectivity index (χ1n) is 8.31. The number of aromatic nitrogens is 2. The van der Waals surface area contributed by atoms with Crippen LogP contribution in [0.1, 0.15) is 22.2 Å². The Morgan fingerprint density at radius 3 is 2.93 bits per heavy atom. The van der Waals surface area contributed by atoms with Gasteiger partial charge in [-0.1, -0.05) is 6.92 Å². The zero-order valence-electron chi connectivity index (χ0n) is 14.3. The topological polar surface area (TPSA) is 93.2 Å². The van der Waals surface area contributed by atoms with E-state index in [0.29, 0.717) is 22.4 Å². The molecule has 0 spiro atoms. The minimum Gasteiger partial charge on any atom is -0.482 e. The highest BCUT2D eigenvalue weighted by molar-refractivity contribution is 7.71. The van der Waals surface area contributed by atoms with Gasteiger partial charge in [0.2, 0.25) is 0 Å². The van der Waals surface area contributed by atoms with Crippen LogP contribution in [0.15, 0.2) is 29.1 Å². The first-order chi connectivity index (χ1) is 13.0. The minimum absolute atomic E-state index is 0.0504. The van der Waals surface area contributed by atoms with E-state index in [2.05, 4.69) is 10.3 Å². The molecule has 0 aliphatic carbocycles. The maximum atomic E-state index is 12.8. The lowest BCUT2D eigenvalue weighted by Crippen LogP contribution is -2.27. The van der Waals surface area contributed by atoms with Gasteiger partial charge < -0.3 is 15.0 Å². The normalized spacial score (nSPS) is 13.1. The molecule has 1 aromatic carbocycles. The third kappa shape index (κ3) is 3.19. The van der Waals surface area contributed by atoms with E-state index in [0.717, 1.165) is 16.1 Å². The van der Waals surface area contributed by atoms with Gasteiger partial charge in [0.15, 0.2) is 17.2 Å². The Morgan fingerprint density at radius 2 is 2.15 bits per heavy atom. The van der Waals surface area contributed by atoms with Crippen molar-refractivity contribution < 1.29 is 14.3 Å². The predicted molar refractivity (Wildman–Crippen MR) is 106 cm³/mol. The molecule has 27 heavy (non-hydrogen) atoms. The van der Waals surface area contributed by atoms with Gasteiger partial charge >= 0.3 is 0 Å². The quantitative estimate of drug-likeness (QED) is 0.518. The summed E-state index contributed by atoms with van der Waals surface area (Å²) in [5.74, 6) is -0.0580. The zero-order chi connectivity index (χ0) is 19.1. The van der Waals surface area contributed by atoms with Gasteiger partial charge in [-0.3, -0.25) is 19.0 Å². The van der Waals surface area contributed by atoms with Crippen molar-refractivity contribution in [1.82, 2.24) is 9.55 Å².